The largest absolute Gasteiger partial charge is 0.391 e. The Hall–Kier alpha value is -4.00. The molecule has 1 aromatic heterocycles. The summed E-state index contributed by atoms with van der Waals surface area (Å²) in [5.41, 5.74) is 12.5. The van der Waals surface area contributed by atoms with Gasteiger partial charge in [-0.15, -0.1) is 0 Å². The van der Waals surface area contributed by atoms with Gasteiger partial charge < -0.3 is 15.9 Å². The van der Waals surface area contributed by atoms with Crippen LogP contribution in [0.4, 0.5) is 5.82 Å². The number of benzene rings is 2. The number of nitrogens with zero attached hydrogens (tertiary/aromatic N) is 3. The summed E-state index contributed by atoms with van der Waals surface area (Å²) in [4.78, 5) is 28.7. The van der Waals surface area contributed by atoms with Crippen molar-refractivity contribution in [2.75, 3.05) is 5.32 Å². The number of oxime groups is 1. The predicted molar refractivity (Wildman–Crippen MR) is 142 cm³/mol. The lowest BCUT2D eigenvalue weighted by Crippen LogP contribution is -2.51. The van der Waals surface area contributed by atoms with Gasteiger partial charge in [0.1, 0.15) is 17.7 Å². The number of aromatic nitrogens is 2. The number of hydrogen-bond donors (Lipinski definition) is 2. The zero-order valence-corrected chi connectivity index (χ0v) is 20.7. The highest BCUT2D eigenvalue weighted by Gasteiger charge is 2.64. The van der Waals surface area contributed by atoms with Crippen LogP contribution in [-0.4, -0.2) is 33.7 Å². The number of amides is 1. The van der Waals surface area contributed by atoms with Crippen molar-refractivity contribution in [1.82, 2.24) is 9.97 Å². The van der Waals surface area contributed by atoms with Crippen molar-refractivity contribution in [3.63, 3.8) is 0 Å². The normalized spacial score (nSPS) is 28.5. The molecule has 3 N–H and O–H groups in total. The summed E-state index contributed by atoms with van der Waals surface area (Å²) in [6.07, 6.45) is 6.44. The van der Waals surface area contributed by atoms with E-state index in [1.807, 2.05) is 18.2 Å². The number of hydrogen-bond acceptors (Lipinski definition) is 6. The SMILES string of the molecule is Cc1cccc(Cc2nc3c(c(NC4C5CC(C4C(N)=O)C4C(c6ccccc6)=NOC54)n2)C=CC3)c1. The molecule has 2 saturated carbocycles. The van der Waals surface area contributed by atoms with Gasteiger partial charge in [-0.1, -0.05) is 77.5 Å². The van der Waals surface area contributed by atoms with Crippen LogP contribution in [0, 0.1) is 30.6 Å². The molecule has 4 aliphatic rings. The van der Waals surface area contributed by atoms with E-state index in [1.165, 1.54) is 11.1 Å². The lowest BCUT2D eigenvalue weighted by molar-refractivity contribution is -0.125. The minimum absolute atomic E-state index is 0.0644. The minimum Gasteiger partial charge on any atom is -0.391 e. The fraction of sp³-hybridized carbons (Fsp3) is 0.333. The number of nitrogens with one attached hydrogen (secondary N) is 1. The average molecular weight is 492 g/mol. The number of nitrogens with two attached hydrogens (primary N) is 1. The van der Waals surface area contributed by atoms with Crippen LogP contribution in [0.25, 0.3) is 6.08 Å². The summed E-state index contributed by atoms with van der Waals surface area (Å²) >= 11 is 0. The summed E-state index contributed by atoms with van der Waals surface area (Å²) in [5, 5.41) is 8.17. The first-order chi connectivity index (χ1) is 18.1. The van der Waals surface area contributed by atoms with E-state index in [0.29, 0.717) is 6.42 Å². The molecule has 2 heterocycles. The smallest absolute Gasteiger partial charge is 0.222 e. The second-order valence-electron chi connectivity index (χ2n) is 10.7. The molecule has 7 heteroatoms. The van der Waals surface area contributed by atoms with Crippen molar-refractivity contribution in [1.29, 1.82) is 0 Å². The van der Waals surface area contributed by atoms with Crippen molar-refractivity contribution in [3.8, 4) is 0 Å². The number of aryl methyl sites for hydroxylation is 1. The van der Waals surface area contributed by atoms with Gasteiger partial charge in [-0.05, 0) is 30.4 Å². The molecule has 6 atom stereocenters. The highest BCUT2D eigenvalue weighted by molar-refractivity contribution is 6.04. The molecule has 7 nitrogen and oxygen atoms in total. The van der Waals surface area contributed by atoms with Crippen LogP contribution in [-0.2, 0) is 22.5 Å². The van der Waals surface area contributed by atoms with E-state index in [4.69, 9.17) is 20.5 Å². The fourth-order valence-corrected chi connectivity index (χ4v) is 7.02. The van der Waals surface area contributed by atoms with Crippen LogP contribution in [0.15, 0.2) is 65.8 Å². The molecule has 186 valence electrons. The van der Waals surface area contributed by atoms with E-state index in [2.05, 4.69) is 65.9 Å². The number of rotatable bonds is 6. The standard InChI is InChI=1S/C30H29N5O2/c1-16-7-5-8-17(13-16)14-23-32-22-12-6-11-19(22)30(33-23)34-27-21-15-20(25(27)29(31)36)24-26(35-37-28(21)24)18-9-3-2-4-10-18/h2-11,13,20-21,24-25,27-28H,12,14-15H2,1H3,(H2,31,36)(H,32,33,34). The molecule has 7 rings (SSSR count). The maximum atomic E-state index is 12.9. The molecule has 6 unspecified atom stereocenters. The van der Waals surface area contributed by atoms with Gasteiger partial charge in [-0.3, -0.25) is 4.79 Å². The van der Waals surface area contributed by atoms with Gasteiger partial charge in [0.2, 0.25) is 5.91 Å². The minimum atomic E-state index is -0.321. The quantitative estimate of drug-likeness (QED) is 0.545. The number of anilines is 1. The fourth-order valence-electron chi connectivity index (χ4n) is 7.02. The van der Waals surface area contributed by atoms with E-state index in [1.54, 1.807) is 0 Å². The third kappa shape index (κ3) is 3.64. The van der Waals surface area contributed by atoms with Crippen LogP contribution in [0.5, 0.6) is 0 Å². The van der Waals surface area contributed by atoms with Crippen LogP contribution in [0.2, 0.25) is 0 Å². The maximum Gasteiger partial charge on any atom is 0.222 e. The van der Waals surface area contributed by atoms with Crippen molar-refractivity contribution >= 4 is 23.5 Å². The molecule has 2 aromatic carbocycles. The zero-order valence-electron chi connectivity index (χ0n) is 20.7. The third-order valence-electron chi connectivity index (χ3n) is 8.49. The Labute approximate surface area is 215 Å². The van der Waals surface area contributed by atoms with Crippen LogP contribution < -0.4 is 11.1 Å². The molecule has 2 bridgehead atoms. The van der Waals surface area contributed by atoms with Crippen LogP contribution >= 0.6 is 0 Å². The molecule has 0 saturated heterocycles. The topological polar surface area (TPSA) is 102 Å². The average Bonchev–Trinajstić information content (AvgIpc) is 3.66. The van der Waals surface area contributed by atoms with Gasteiger partial charge in [0.25, 0.3) is 0 Å². The Kier molecular flexibility index (Phi) is 5.13. The Morgan fingerprint density at radius 3 is 2.78 bits per heavy atom. The highest BCUT2D eigenvalue weighted by atomic mass is 16.6. The van der Waals surface area contributed by atoms with Crippen LogP contribution in [0.1, 0.15) is 40.2 Å². The monoisotopic (exact) mass is 491 g/mol. The summed E-state index contributed by atoms with van der Waals surface area (Å²) in [6, 6.07) is 18.4. The van der Waals surface area contributed by atoms with Crippen molar-refractivity contribution < 1.29 is 9.63 Å². The molecule has 1 amide bonds. The van der Waals surface area contributed by atoms with Crippen molar-refractivity contribution in [3.05, 3.63) is 94.4 Å². The predicted octanol–water partition coefficient (Wildman–Crippen LogP) is 3.90. The molecule has 3 aromatic rings. The second kappa shape index (κ2) is 8.54. The molecule has 1 aliphatic heterocycles. The summed E-state index contributed by atoms with van der Waals surface area (Å²) in [7, 11) is 0. The third-order valence-corrected chi connectivity index (χ3v) is 8.49. The molecule has 37 heavy (non-hydrogen) atoms. The summed E-state index contributed by atoms with van der Waals surface area (Å²) in [5.74, 6) is 1.25. The lowest BCUT2D eigenvalue weighted by Gasteiger charge is -2.36. The van der Waals surface area contributed by atoms with E-state index in [0.717, 1.165) is 47.0 Å². The van der Waals surface area contributed by atoms with Crippen molar-refractivity contribution in [2.45, 2.75) is 38.3 Å². The Bertz CT molecular complexity index is 1450. The van der Waals surface area contributed by atoms with E-state index >= 15 is 0 Å². The zero-order chi connectivity index (χ0) is 25.1. The Balaban J connectivity index is 1.20. The lowest BCUT2D eigenvalue weighted by atomic mass is 9.72. The molecule has 3 aliphatic carbocycles. The number of carbonyl (C=O) groups excluding carboxylic acids is 1. The van der Waals surface area contributed by atoms with E-state index in [9.17, 15) is 4.79 Å². The van der Waals surface area contributed by atoms with E-state index in [-0.39, 0.29) is 41.7 Å². The van der Waals surface area contributed by atoms with Gasteiger partial charge >= 0.3 is 0 Å². The molecule has 0 spiro atoms. The van der Waals surface area contributed by atoms with Gasteiger partial charge in [0, 0.05) is 36.3 Å². The van der Waals surface area contributed by atoms with E-state index < -0.39 is 0 Å². The molecule has 0 radical (unpaired) electrons. The molecular weight excluding hydrogens is 462 g/mol. The summed E-state index contributed by atoms with van der Waals surface area (Å²) < 4.78 is 0. The first-order valence-corrected chi connectivity index (χ1v) is 13.0. The Morgan fingerprint density at radius 1 is 1.11 bits per heavy atom. The van der Waals surface area contributed by atoms with Crippen molar-refractivity contribution in [2.24, 2.45) is 34.6 Å². The van der Waals surface area contributed by atoms with Gasteiger partial charge in [0.05, 0.1) is 17.3 Å². The first kappa shape index (κ1) is 22.2. The highest BCUT2D eigenvalue weighted by Crippen LogP contribution is 2.57. The first-order valence-electron chi connectivity index (χ1n) is 13.0. The van der Waals surface area contributed by atoms with Gasteiger partial charge in [-0.2, -0.15) is 0 Å². The summed E-state index contributed by atoms with van der Waals surface area (Å²) in [6.45, 7) is 2.09. The number of allylic oxidation sites excluding steroid dienone is 1. The van der Waals surface area contributed by atoms with Crippen LogP contribution in [0.3, 0.4) is 0 Å². The molecular formula is C30H29N5O2. The van der Waals surface area contributed by atoms with Gasteiger partial charge in [-0.25, -0.2) is 9.97 Å². The molecule has 2 fully saturated rings. The second-order valence-corrected chi connectivity index (χ2v) is 10.7. The number of fused-ring (bicyclic) bond motifs is 6. The Morgan fingerprint density at radius 2 is 1.97 bits per heavy atom. The number of carbonyl (C=O) groups is 1. The number of primary amides is 1. The van der Waals surface area contributed by atoms with Gasteiger partial charge in [0.15, 0.2) is 0 Å². The maximum absolute atomic E-state index is 12.9.